The van der Waals surface area contributed by atoms with E-state index in [0.29, 0.717) is 0 Å². The van der Waals surface area contributed by atoms with Gasteiger partial charge in [-0.1, -0.05) is 48.5 Å². The van der Waals surface area contributed by atoms with Gasteiger partial charge in [-0.2, -0.15) is 0 Å². The maximum Gasteiger partial charge on any atom is 3.00 e. The molecule has 0 spiro atoms. The first-order valence-corrected chi connectivity index (χ1v) is 9.71. The molecule has 1 aromatic heterocycles. The van der Waals surface area contributed by atoms with Crippen molar-refractivity contribution >= 4 is 11.4 Å². The fraction of sp³-hybridized carbons (Fsp3) is 0. The summed E-state index contributed by atoms with van der Waals surface area (Å²) in [6, 6.07) is 37.4. The quantitative estimate of drug-likeness (QED) is 0.264. The van der Waals surface area contributed by atoms with Gasteiger partial charge in [-0.05, 0) is 48.4 Å². The zero-order valence-electron chi connectivity index (χ0n) is 17.2. The smallest absolute Gasteiger partial charge is 0.512 e. The number of nitrogens with zero attached hydrogens (tertiary/aromatic N) is 4. The molecule has 5 rings (SSSR count). The summed E-state index contributed by atoms with van der Waals surface area (Å²) < 4.78 is 0. The molecule has 0 saturated heterocycles. The second kappa shape index (κ2) is 13.6. The van der Waals surface area contributed by atoms with Gasteiger partial charge in [-0.25, -0.2) is 0 Å². The summed E-state index contributed by atoms with van der Waals surface area (Å²) in [6.45, 7) is 6.82. The Morgan fingerprint density at radius 3 is 1.69 bits per heavy atom. The van der Waals surface area contributed by atoms with Crippen molar-refractivity contribution in [2.75, 3.05) is 9.80 Å². The van der Waals surface area contributed by atoms with Gasteiger partial charge in [0.2, 0.25) is 0 Å². The topological polar surface area (TPSA) is 43.2 Å². The van der Waals surface area contributed by atoms with Crippen LogP contribution in [-0.4, -0.2) is 4.98 Å². The van der Waals surface area contributed by atoms with Gasteiger partial charge in [-0.3, -0.25) is 0 Å². The SMILES string of the molecule is C1=CN(c2ccccc2)[CH-]N1c1ccccc1.[C-]#N.[Ir+3].[c-]1ccccc1-c1ccccn1. The third-order valence-electron chi connectivity index (χ3n) is 4.40. The van der Waals surface area contributed by atoms with Crippen LogP contribution in [0.5, 0.6) is 0 Å². The van der Waals surface area contributed by atoms with Crippen LogP contribution in [0.25, 0.3) is 11.3 Å². The van der Waals surface area contributed by atoms with E-state index in [9.17, 15) is 0 Å². The van der Waals surface area contributed by atoms with Gasteiger partial charge >= 0.3 is 20.1 Å². The minimum atomic E-state index is 0. The van der Waals surface area contributed by atoms with Gasteiger partial charge in [-0.15, -0.1) is 42.6 Å². The first-order valence-electron chi connectivity index (χ1n) is 9.71. The predicted octanol–water partition coefficient (Wildman–Crippen LogP) is 6.25. The van der Waals surface area contributed by atoms with E-state index in [0.717, 1.165) is 11.3 Å². The van der Waals surface area contributed by atoms with Crippen molar-refractivity contribution in [2.24, 2.45) is 0 Å². The number of hydrogen-bond acceptors (Lipinski definition) is 4. The molecule has 0 atom stereocenters. The summed E-state index contributed by atoms with van der Waals surface area (Å²) in [7, 11) is 0. The van der Waals surface area contributed by atoms with Crippen molar-refractivity contribution in [1.82, 2.24) is 4.98 Å². The maximum atomic E-state index is 6.25. The fourth-order valence-electron chi connectivity index (χ4n) is 2.94. The molecule has 5 heteroatoms. The van der Waals surface area contributed by atoms with Gasteiger partial charge in [0.25, 0.3) is 0 Å². The fourth-order valence-corrected chi connectivity index (χ4v) is 2.94. The van der Waals surface area contributed by atoms with Crippen LogP contribution in [0.3, 0.4) is 0 Å². The molecule has 0 bridgehead atoms. The van der Waals surface area contributed by atoms with Gasteiger partial charge < -0.3 is 26.6 Å². The molecule has 3 aromatic carbocycles. The van der Waals surface area contributed by atoms with E-state index < -0.39 is 0 Å². The summed E-state index contributed by atoms with van der Waals surface area (Å²) in [5.74, 6) is 0. The van der Waals surface area contributed by atoms with Gasteiger partial charge in [0.15, 0.2) is 0 Å². The zero-order valence-corrected chi connectivity index (χ0v) is 19.6. The molecule has 0 amide bonds. The Labute approximate surface area is 203 Å². The molecular formula is C27H21IrN4. The number of anilines is 2. The molecule has 1 aliphatic heterocycles. The average molecular weight is 594 g/mol. The van der Waals surface area contributed by atoms with Crippen LogP contribution in [0.4, 0.5) is 11.4 Å². The number of pyridine rings is 1. The molecule has 0 saturated carbocycles. The molecule has 0 aliphatic carbocycles. The second-order valence-corrected chi connectivity index (χ2v) is 6.39. The van der Waals surface area contributed by atoms with Gasteiger partial charge in [0.1, 0.15) is 0 Å². The summed E-state index contributed by atoms with van der Waals surface area (Å²) >= 11 is 0. The van der Waals surface area contributed by atoms with E-state index >= 15 is 0 Å². The van der Waals surface area contributed by atoms with Crippen LogP contribution in [0, 0.1) is 24.6 Å². The average Bonchev–Trinajstić information content (AvgIpc) is 3.38. The molecule has 32 heavy (non-hydrogen) atoms. The molecule has 0 radical (unpaired) electrons. The van der Waals surface area contributed by atoms with Crippen LogP contribution in [0.2, 0.25) is 0 Å². The molecular weight excluding hydrogens is 573 g/mol. The molecule has 0 unspecified atom stereocenters. The van der Waals surface area contributed by atoms with Gasteiger partial charge in [0, 0.05) is 17.6 Å². The molecule has 4 aromatic rings. The first-order chi connectivity index (χ1) is 15.4. The van der Waals surface area contributed by atoms with Crippen LogP contribution >= 0.6 is 0 Å². The van der Waals surface area contributed by atoms with Crippen molar-refractivity contribution in [1.29, 1.82) is 5.26 Å². The summed E-state index contributed by atoms with van der Waals surface area (Å²) in [6.07, 6.45) is 5.90. The van der Waals surface area contributed by atoms with Gasteiger partial charge in [0.05, 0.1) is 0 Å². The van der Waals surface area contributed by atoms with Crippen LogP contribution in [-0.2, 0) is 20.1 Å². The molecule has 4 nitrogen and oxygen atoms in total. The minimum Gasteiger partial charge on any atom is -0.512 e. The van der Waals surface area contributed by atoms with Crippen molar-refractivity contribution in [2.45, 2.75) is 0 Å². The monoisotopic (exact) mass is 594 g/mol. The predicted molar refractivity (Wildman–Crippen MR) is 125 cm³/mol. The Morgan fingerprint density at radius 1 is 0.688 bits per heavy atom. The summed E-state index contributed by atoms with van der Waals surface area (Å²) in [4.78, 5) is 8.43. The maximum absolute atomic E-state index is 6.25. The molecule has 0 N–H and O–H groups in total. The summed E-state index contributed by atoms with van der Waals surface area (Å²) in [5.41, 5.74) is 4.35. The van der Waals surface area contributed by atoms with Crippen molar-refractivity contribution in [3.63, 3.8) is 0 Å². The molecule has 1 aliphatic rings. The van der Waals surface area contributed by atoms with E-state index in [-0.39, 0.29) is 20.1 Å². The number of benzene rings is 3. The van der Waals surface area contributed by atoms with Crippen LogP contribution in [0.15, 0.2) is 122 Å². The standard InChI is InChI=1S/C15H13N2.C11H8N.CN.Ir/c1-3-7-14(8-4-1)16-11-12-17(13-16)15-9-5-2-6-10-15;1-2-6-10(7-3-1)11-8-4-5-9-12-11;1-2;/h1-13H;1-6,8-9H;;/q3*-1;+3. The normalized spacial score (nSPS) is 11.3. The Bertz CT molecular complexity index is 984. The second-order valence-electron chi connectivity index (χ2n) is 6.39. The largest absolute Gasteiger partial charge is 3.00 e. The number of para-hydroxylation sites is 2. The van der Waals surface area contributed by atoms with E-state index in [1.54, 1.807) is 6.20 Å². The molecule has 158 valence electrons. The third-order valence-corrected chi connectivity index (χ3v) is 4.40. The van der Waals surface area contributed by atoms with Crippen LogP contribution < -0.4 is 9.80 Å². The van der Waals surface area contributed by atoms with Crippen molar-refractivity contribution < 1.29 is 20.1 Å². The first kappa shape index (κ1) is 24.6. The zero-order chi connectivity index (χ0) is 21.7. The van der Waals surface area contributed by atoms with Crippen molar-refractivity contribution in [3.8, 4) is 11.3 Å². The third kappa shape index (κ3) is 6.92. The molecule has 0 fully saturated rings. The van der Waals surface area contributed by atoms with E-state index in [1.807, 2.05) is 78.9 Å². The Morgan fingerprint density at radius 2 is 1.22 bits per heavy atom. The Balaban J connectivity index is 0.000000214. The number of rotatable bonds is 3. The van der Waals surface area contributed by atoms with E-state index in [1.165, 1.54) is 11.4 Å². The van der Waals surface area contributed by atoms with E-state index in [2.05, 4.69) is 64.2 Å². The minimum absolute atomic E-state index is 0. The van der Waals surface area contributed by atoms with Crippen LogP contribution in [0.1, 0.15) is 0 Å². The number of hydrogen-bond donors (Lipinski definition) is 0. The van der Waals surface area contributed by atoms with Crippen molar-refractivity contribution in [3.05, 3.63) is 141 Å². The molecule has 2 heterocycles. The summed E-state index contributed by atoms with van der Waals surface area (Å²) in [5, 5.41) is 6.25. The number of aromatic nitrogens is 1. The Hall–Kier alpha value is -3.71. The van der Waals surface area contributed by atoms with E-state index in [4.69, 9.17) is 11.8 Å². The Kier molecular flexibility index (Phi) is 10.4.